The van der Waals surface area contributed by atoms with Gasteiger partial charge in [-0.15, -0.1) is 10.2 Å². The van der Waals surface area contributed by atoms with Crippen LogP contribution in [0.15, 0.2) is 36.8 Å². The van der Waals surface area contributed by atoms with E-state index in [0.29, 0.717) is 29.1 Å². The van der Waals surface area contributed by atoms with Crippen LogP contribution >= 0.6 is 0 Å². The smallest absolute Gasteiger partial charge is 0.219 e. The predicted molar refractivity (Wildman–Crippen MR) is 95.0 cm³/mol. The third kappa shape index (κ3) is 3.05. The van der Waals surface area contributed by atoms with Crippen LogP contribution in [0.4, 0.5) is 0 Å². The Balaban J connectivity index is 1.60. The molecular formula is C17H17N9O. The largest absolute Gasteiger partial charge is 0.497 e. The maximum atomic E-state index is 5.33. The maximum Gasteiger partial charge on any atom is 0.219 e. The number of rotatable bonds is 6. The molecule has 0 spiro atoms. The van der Waals surface area contributed by atoms with Crippen molar-refractivity contribution >= 4 is 0 Å². The number of benzene rings is 1. The van der Waals surface area contributed by atoms with Crippen LogP contribution in [0.3, 0.4) is 0 Å². The molecule has 1 saturated carbocycles. The van der Waals surface area contributed by atoms with Crippen molar-refractivity contribution in [2.24, 2.45) is 5.92 Å². The topological polar surface area (TPSA) is 112 Å². The molecule has 1 aromatic carbocycles. The first-order chi connectivity index (χ1) is 13.3. The van der Waals surface area contributed by atoms with Gasteiger partial charge in [-0.2, -0.15) is 5.10 Å². The molecule has 136 valence electrons. The molecule has 27 heavy (non-hydrogen) atoms. The van der Waals surface area contributed by atoms with Gasteiger partial charge in [0.25, 0.3) is 0 Å². The fourth-order valence-electron chi connectivity index (χ4n) is 2.87. The van der Waals surface area contributed by atoms with Gasteiger partial charge in [-0.25, -0.2) is 14.6 Å². The van der Waals surface area contributed by atoms with Crippen LogP contribution < -0.4 is 4.74 Å². The molecule has 3 aromatic heterocycles. The van der Waals surface area contributed by atoms with E-state index in [-0.39, 0.29) is 0 Å². The Bertz CT molecular complexity index is 1060. The van der Waals surface area contributed by atoms with Crippen molar-refractivity contribution in [3.63, 3.8) is 0 Å². The Morgan fingerprint density at radius 2 is 2.22 bits per heavy atom. The Hall–Kier alpha value is -3.56. The van der Waals surface area contributed by atoms with Crippen molar-refractivity contribution in [2.75, 3.05) is 7.11 Å². The summed E-state index contributed by atoms with van der Waals surface area (Å²) in [6.07, 6.45) is 5.84. The average molecular weight is 363 g/mol. The van der Waals surface area contributed by atoms with Crippen molar-refractivity contribution in [3.8, 4) is 34.6 Å². The number of aromatic amines is 1. The zero-order valence-electron chi connectivity index (χ0n) is 14.6. The van der Waals surface area contributed by atoms with Gasteiger partial charge in [0.1, 0.15) is 17.8 Å². The summed E-state index contributed by atoms with van der Waals surface area (Å²) in [7, 11) is 1.63. The average Bonchev–Trinajstić information content (AvgIpc) is 3.13. The predicted octanol–water partition coefficient (Wildman–Crippen LogP) is 1.73. The first kappa shape index (κ1) is 15.7. The van der Waals surface area contributed by atoms with E-state index < -0.39 is 0 Å². The van der Waals surface area contributed by atoms with Gasteiger partial charge in [0.2, 0.25) is 5.82 Å². The number of methoxy groups -OCH3 is 1. The summed E-state index contributed by atoms with van der Waals surface area (Å²) in [4.78, 5) is 8.77. The van der Waals surface area contributed by atoms with Crippen molar-refractivity contribution in [1.29, 1.82) is 0 Å². The Morgan fingerprint density at radius 3 is 3.00 bits per heavy atom. The number of ether oxygens (including phenoxy) is 1. The molecule has 1 aliphatic rings. The van der Waals surface area contributed by atoms with Gasteiger partial charge in [-0.1, -0.05) is 11.3 Å². The highest BCUT2D eigenvalue weighted by atomic mass is 16.5. The number of hydrogen-bond donors (Lipinski definition) is 1. The van der Waals surface area contributed by atoms with Gasteiger partial charge in [0.05, 0.1) is 19.0 Å². The highest BCUT2D eigenvalue weighted by Crippen LogP contribution is 2.31. The SMILES string of the molecule is COc1cccc(-n2nc(-c3ncn[nH]3)nc2-c2cn(CC3CC3)nn2)c1. The van der Waals surface area contributed by atoms with E-state index in [1.807, 2.05) is 35.1 Å². The van der Waals surface area contributed by atoms with Crippen molar-refractivity contribution in [2.45, 2.75) is 19.4 Å². The van der Waals surface area contributed by atoms with Gasteiger partial charge in [0.15, 0.2) is 11.6 Å². The third-order valence-electron chi connectivity index (χ3n) is 4.44. The van der Waals surface area contributed by atoms with Crippen molar-refractivity contribution in [3.05, 3.63) is 36.8 Å². The number of H-pyrrole nitrogens is 1. The normalized spacial score (nSPS) is 13.8. The van der Waals surface area contributed by atoms with E-state index in [0.717, 1.165) is 18.0 Å². The number of nitrogens with one attached hydrogen (secondary N) is 1. The summed E-state index contributed by atoms with van der Waals surface area (Å²) in [6, 6.07) is 7.59. The standard InChI is InChI=1S/C17H17N9O/c1-27-13-4-2-3-12(7-13)26-17(20-16(23-26)15-18-10-19-22-15)14-9-25(24-21-14)8-11-5-6-11/h2-4,7,9-11H,5-6,8H2,1H3,(H,18,19,22). The molecular weight excluding hydrogens is 346 g/mol. The first-order valence-corrected chi connectivity index (χ1v) is 8.68. The summed E-state index contributed by atoms with van der Waals surface area (Å²) in [5.41, 5.74) is 1.45. The van der Waals surface area contributed by atoms with Crippen LogP contribution in [-0.4, -0.2) is 52.0 Å². The molecule has 1 N–H and O–H groups in total. The zero-order valence-corrected chi connectivity index (χ0v) is 14.6. The molecule has 0 radical (unpaired) electrons. The lowest BCUT2D eigenvalue weighted by Crippen LogP contribution is -2.01. The molecule has 0 atom stereocenters. The first-order valence-electron chi connectivity index (χ1n) is 8.68. The van der Waals surface area contributed by atoms with Crippen molar-refractivity contribution < 1.29 is 4.74 Å². The Kier molecular flexibility index (Phi) is 3.66. The summed E-state index contributed by atoms with van der Waals surface area (Å²) >= 11 is 0. The number of hydrogen-bond acceptors (Lipinski definition) is 7. The molecule has 0 unspecified atom stereocenters. The van der Waals surface area contributed by atoms with Gasteiger partial charge in [-0.3, -0.25) is 9.78 Å². The van der Waals surface area contributed by atoms with E-state index >= 15 is 0 Å². The molecule has 0 amide bonds. The molecule has 1 fully saturated rings. The lowest BCUT2D eigenvalue weighted by atomic mass is 10.3. The molecule has 5 rings (SSSR count). The highest BCUT2D eigenvalue weighted by Gasteiger charge is 2.24. The molecule has 4 aromatic rings. The number of aromatic nitrogens is 9. The van der Waals surface area contributed by atoms with Crippen LogP contribution in [0.1, 0.15) is 12.8 Å². The van der Waals surface area contributed by atoms with E-state index in [2.05, 4.69) is 35.6 Å². The van der Waals surface area contributed by atoms with Gasteiger partial charge in [0, 0.05) is 12.6 Å². The Morgan fingerprint density at radius 1 is 1.30 bits per heavy atom. The monoisotopic (exact) mass is 363 g/mol. The van der Waals surface area contributed by atoms with Gasteiger partial charge in [-0.05, 0) is 30.9 Å². The maximum absolute atomic E-state index is 5.33. The van der Waals surface area contributed by atoms with Crippen molar-refractivity contribution in [1.82, 2.24) is 44.9 Å². The minimum atomic E-state index is 0.432. The molecule has 0 bridgehead atoms. The fraction of sp³-hybridized carbons (Fsp3) is 0.294. The highest BCUT2D eigenvalue weighted by molar-refractivity contribution is 5.57. The molecule has 10 nitrogen and oxygen atoms in total. The second-order valence-electron chi connectivity index (χ2n) is 6.48. The van der Waals surface area contributed by atoms with Crippen LogP contribution in [0.25, 0.3) is 28.9 Å². The zero-order chi connectivity index (χ0) is 18.2. The van der Waals surface area contributed by atoms with E-state index in [9.17, 15) is 0 Å². The van der Waals surface area contributed by atoms with Gasteiger partial charge < -0.3 is 4.74 Å². The second kappa shape index (κ2) is 6.31. The molecule has 0 saturated heterocycles. The molecule has 10 heteroatoms. The lowest BCUT2D eigenvalue weighted by molar-refractivity contribution is 0.414. The summed E-state index contributed by atoms with van der Waals surface area (Å²) in [6.45, 7) is 0.884. The summed E-state index contributed by atoms with van der Waals surface area (Å²) in [5.74, 6) is 2.94. The van der Waals surface area contributed by atoms with Crippen LogP contribution in [0.5, 0.6) is 5.75 Å². The van der Waals surface area contributed by atoms with Crippen LogP contribution in [0.2, 0.25) is 0 Å². The summed E-state index contributed by atoms with van der Waals surface area (Å²) < 4.78 is 8.91. The fourth-order valence-corrected chi connectivity index (χ4v) is 2.87. The molecule has 3 heterocycles. The van der Waals surface area contributed by atoms with Crippen LogP contribution in [0, 0.1) is 5.92 Å². The van der Waals surface area contributed by atoms with Gasteiger partial charge >= 0.3 is 0 Å². The number of nitrogens with zero attached hydrogens (tertiary/aromatic N) is 8. The van der Waals surface area contributed by atoms with E-state index in [1.54, 1.807) is 11.8 Å². The lowest BCUT2D eigenvalue weighted by Gasteiger charge is -2.06. The van der Waals surface area contributed by atoms with E-state index in [4.69, 9.17) is 4.74 Å². The summed E-state index contributed by atoms with van der Waals surface area (Å²) in [5, 5.41) is 19.8. The molecule has 0 aliphatic heterocycles. The second-order valence-corrected chi connectivity index (χ2v) is 6.48. The Labute approximate surface area is 154 Å². The minimum Gasteiger partial charge on any atom is -0.497 e. The minimum absolute atomic E-state index is 0.432. The third-order valence-corrected chi connectivity index (χ3v) is 4.44. The van der Waals surface area contributed by atoms with Crippen LogP contribution in [-0.2, 0) is 6.54 Å². The quantitative estimate of drug-likeness (QED) is 0.555. The van der Waals surface area contributed by atoms with E-state index in [1.165, 1.54) is 19.2 Å². The molecule has 1 aliphatic carbocycles.